The second kappa shape index (κ2) is 9.62. The minimum absolute atomic E-state index is 0.846. The molecular formula is C19H31N3. The van der Waals surface area contributed by atoms with Crippen LogP contribution in [0.1, 0.15) is 64.1 Å². The molecule has 3 nitrogen and oxygen atoms in total. The fourth-order valence-electron chi connectivity index (χ4n) is 3.16. The van der Waals surface area contributed by atoms with Gasteiger partial charge in [0, 0.05) is 13.0 Å². The summed E-state index contributed by atoms with van der Waals surface area (Å²) < 4.78 is 2.36. The van der Waals surface area contributed by atoms with Gasteiger partial charge in [-0.2, -0.15) is 0 Å². The van der Waals surface area contributed by atoms with Crippen molar-refractivity contribution in [2.45, 2.75) is 71.3 Å². The summed E-state index contributed by atoms with van der Waals surface area (Å²) in [7, 11) is 0. The van der Waals surface area contributed by atoms with Crippen molar-refractivity contribution in [1.29, 1.82) is 0 Å². The Morgan fingerprint density at radius 3 is 2.23 bits per heavy atom. The predicted molar refractivity (Wildman–Crippen MR) is 95.1 cm³/mol. The molecule has 0 aliphatic heterocycles. The van der Waals surface area contributed by atoms with Crippen molar-refractivity contribution in [2.75, 3.05) is 6.54 Å². The van der Waals surface area contributed by atoms with Crippen LogP contribution < -0.4 is 5.73 Å². The molecular weight excluding hydrogens is 270 g/mol. The van der Waals surface area contributed by atoms with E-state index in [0.29, 0.717) is 0 Å². The monoisotopic (exact) mass is 301 g/mol. The summed E-state index contributed by atoms with van der Waals surface area (Å²) in [6.07, 6.45) is 11.6. The molecule has 0 aliphatic carbocycles. The molecule has 0 fully saturated rings. The van der Waals surface area contributed by atoms with Crippen molar-refractivity contribution in [3.05, 3.63) is 30.1 Å². The number of hydrogen-bond acceptors (Lipinski definition) is 2. The van der Waals surface area contributed by atoms with Gasteiger partial charge in [0.25, 0.3) is 0 Å². The van der Waals surface area contributed by atoms with Gasteiger partial charge < -0.3 is 10.3 Å². The minimum atomic E-state index is 0.846. The Hall–Kier alpha value is -1.35. The first-order valence-electron chi connectivity index (χ1n) is 9.01. The van der Waals surface area contributed by atoms with Gasteiger partial charge in [-0.15, -0.1) is 0 Å². The third-order valence-corrected chi connectivity index (χ3v) is 4.40. The van der Waals surface area contributed by atoms with Crippen molar-refractivity contribution in [3.63, 3.8) is 0 Å². The lowest BCUT2D eigenvalue weighted by atomic mass is 10.1. The van der Waals surface area contributed by atoms with Gasteiger partial charge in [0.2, 0.25) is 0 Å². The Kier molecular flexibility index (Phi) is 7.44. The summed E-state index contributed by atoms with van der Waals surface area (Å²) >= 11 is 0. The highest BCUT2D eigenvalue weighted by atomic mass is 15.1. The zero-order chi connectivity index (χ0) is 15.6. The van der Waals surface area contributed by atoms with Crippen LogP contribution in [-0.2, 0) is 13.0 Å². The van der Waals surface area contributed by atoms with E-state index in [-0.39, 0.29) is 0 Å². The molecule has 1 aromatic carbocycles. The number of nitrogens with zero attached hydrogens (tertiary/aromatic N) is 2. The molecule has 122 valence electrons. The van der Waals surface area contributed by atoms with Crippen LogP contribution in [0.25, 0.3) is 11.0 Å². The quantitative estimate of drug-likeness (QED) is 0.612. The Bertz CT molecular complexity index is 545. The first-order chi connectivity index (χ1) is 10.9. The minimum Gasteiger partial charge on any atom is -0.330 e. The van der Waals surface area contributed by atoms with Gasteiger partial charge in [0.05, 0.1) is 11.0 Å². The molecule has 0 saturated heterocycles. The lowest BCUT2D eigenvalue weighted by molar-refractivity contribution is 0.562. The van der Waals surface area contributed by atoms with E-state index in [2.05, 4.69) is 35.8 Å². The topological polar surface area (TPSA) is 43.8 Å². The molecule has 22 heavy (non-hydrogen) atoms. The first kappa shape index (κ1) is 17.0. The summed E-state index contributed by atoms with van der Waals surface area (Å²) in [5, 5.41) is 0. The maximum atomic E-state index is 5.51. The molecule has 0 amide bonds. The molecule has 0 bridgehead atoms. The van der Waals surface area contributed by atoms with E-state index < -0.39 is 0 Å². The summed E-state index contributed by atoms with van der Waals surface area (Å²) in [6.45, 7) is 4.06. The first-order valence-corrected chi connectivity index (χ1v) is 9.01. The number of aryl methyl sites for hydroxylation is 2. The summed E-state index contributed by atoms with van der Waals surface area (Å²) in [6, 6.07) is 8.47. The Labute approximate surface area is 134 Å². The highest BCUT2D eigenvalue weighted by Crippen LogP contribution is 2.18. The third-order valence-electron chi connectivity index (χ3n) is 4.40. The van der Waals surface area contributed by atoms with Crippen LogP contribution in [0.2, 0.25) is 0 Å². The zero-order valence-electron chi connectivity index (χ0n) is 14.1. The Morgan fingerprint density at radius 2 is 1.55 bits per heavy atom. The SMILES string of the molecule is CCn1c(CCCCCCCCCCN)nc2ccccc21. The van der Waals surface area contributed by atoms with Crippen LogP contribution in [-0.4, -0.2) is 16.1 Å². The molecule has 2 rings (SSSR count). The molecule has 0 unspecified atom stereocenters. The molecule has 1 aromatic heterocycles. The van der Waals surface area contributed by atoms with Crippen LogP contribution >= 0.6 is 0 Å². The van der Waals surface area contributed by atoms with Gasteiger partial charge in [-0.3, -0.25) is 0 Å². The second-order valence-electron chi connectivity index (χ2n) is 6.13. The van der Waals surface area contributed by atoms with E-state index in [1.165, 1.54) is 62.7 Å². The number of nitrogens with two attached hydrogens (primary N) is 1. The van der Waals surface area contributed by atoms with Gasteiger partial charge >= 0.3 is 0 Å². The fourth-order valence-corrected chi connectivity index (χ4v) is 3.16. The molecule has 0 atom stereocenters. The second-order valence-corrected chi connectivity index (χ2v) is 6.13. The standard InChI is InChI=1S/C19H31N3/c1-2-22-18-14-11-10-13-17(18)21-19(22)15-9-7-5-3-4-6-8-12-16-20/h10-11,13-14H,2-9,12,15-16,20H2,1H3. The normalized spacial score (nSPS) is 11.4. The van der Waals surface area contributed by atoms with Crippen LogP contribution in [0, 0.1) is 0 Å². The number of rotatable bonds is 11. The van der Waals surface area contributed by atoms with E-state index >= 15 is 0 Å². The van der Waals surface area contributed by atoms with Crippen molar-refractivity contribution in [1.82, 2.24) is 9.55 Å². The summed E-state index contributed by atoms with van der Waals surface area (Å²) in [5.74, 6) is 1.26. The van der Waals surface area contributed by atoms with Crippen LogP contribution in [0.3, 0.4) is 0 Å². The molecule has 0 saturated carbocycles. The molecule has 3 heteroatoms. The van der Waals surface area contributed by atoms with Crippen molar-refractivity contribution < 1.29 is 0 Å². The molecule has 0 aliphatic rings. The van der Waals surface area contributed by atoms with Gasteiger partial charge in [-0.05, 0) is 38.4 Å². The van der Waals surface area contributed by atoms with Crippen LogP contribution in [0.5, 0.6) is 0 Å². The van der Waals surface area contributed by atoms with Gasteiger partial charge in [0.1, 0.15) is 5.82 Å². The smallest absolute Gasteiger partial charge is 0.109 e. The van der Waals surface area contributed by atoms with E-state index in [1.54, 1.807) is 0 Å². The average Bonchev–Trinajstić information content (AvgIpc) is 2.90. The van der Waals surface area contributed by atoms with Crippen LogP contribution in [0.15, 0.2) is 24.3 Å². The number of aromatic nitrogens is 2. The number of para-hydroxylation sites is 2. The molecule has 0 radical (unpaired) electrons. The molecule has 2 N–H and O–H groups in total. The average molecular weight is 301 g/mol. The fraction of sp³-hybridized carbons (Fsp3) is 0.632. The van der Waals surface area contributed by atoms with E-state index in [1.807, 2.05) is 0 Å². The highest BCUT2D eigenvalue weighted by molar-refractivity contribution is 5.75. The predicted octanol–water partition coefficient (Wildman–Crippen LogP) is 4.68. The van der Waals surface area contributed by atoms with E-state index in [0.717, 1.165) is 25.0 Å². The Balaban J connectivity index is 1.69. The Morgan fingerprint density at radius 1 is 0.909 bits per heavy atom. The van der Waals surface area contributed by atoms with Crippen molar-refractivity contribution >= 4 is 11.0 Å². The maximum Gasteiger partial charge on any atom is 0.109 e. The lowest BCUT2D eigenvalue weighted by Crippen LogP contribution is -2.01. The molecule has 2 aromatic rings. The number of imidazole rings is 1. The van der Waals surface area contributed by atoms with Crippen molar-refractivity contribution in [2.24, 2.45) is 5.73 Å². The zero-order valence-corrected chi connectivity index (χ0v) is 14.1. The lowest BCUT2D eigenvalue weighted by Gasteiger charge is -2.06. The molecule has 0 spiro atoms. The van der Waals surface area contributed by atoms with Crippen LogP contribution in [0.4, 0.5) is 0 Å². The van der Waals surface area contributed by atoms with Gasteiger partial charge in [-0.25, -0.2) is 4.98 Å². The summed E-state index contributed by atoms with van der Waals surface area (Å²) in [5.41, 5.74) is 7.92. The largest absolute Gasteiger partial charge is 0.330 e. The number of benzene rings is 1. The summed E-state index contributed by atoms with van der Waals surface area (Å²) in [4.78, 5) is 4.80. The number of hydrogen-bond donors (Lipinski definition) is 1. The maximum absolute atomic E-state index is 5.51. The number of unbranched alkanes of at least 4 members (excludes halogenated alkanes) is 7. The van der Waals surface area contributed by atoms with Gasteiger partial charge in [0.15, 0.2) is 0 Å². The number of fused-ring (bicyclic) bond motifs is 1. The third kappa shape index (κ3) is 4.84. The molecule has 1 heterocycles. The van der Waals surface area contributed by atoms with E-state index in [9.17, 15) is 0 Å². The highest BCUT2D eigenvalue weighted by Gasteiger charge is 2.08. The van der Waals surface area contributed by atoms with Crippen molar-refractivity contribution in [3.8, 4) is 0 Å². The van der Waals surface area contributed by atoms with Gasteiger partial charge in [-0.1, -0.05) is 50.7 Å². The van der Waals surface area contributed by atoms with E-state index in [4.69, 9.17) is 10.7 Å².